The van der Waals surface area contributed by atoms with E-state index >= 15 is 0 Å². The van der Waals surface area contributed by atoms with E-state index < -0.39 is 0 Å². The van der Waals surface area contributed by atoms with Crippen LogP contribution in [-0.2, 0) is 11.3 Å². The highest BCUT2D eigenvalue weighted by Gasteiger charge is 2.41. The van der Waals surface area contributed by atoms with Gasteiger partial charge in [0, 0.05) is 33.2 Å². The third-order valence-electron chi connectivity index (χ3n) is 5.32. The van der Waals surface area contributed by atoms with Crippen LogP contribution in [0.3, 0.4) is 0 Å². The van der Waals surface area contributed by atoms with Gasteiger partial charge < -0.3 is 10.0 Å². The monoisotopic (exact) mass is 331 g/mol. The molecule has 5 heteroatoms. The van der Waals surface area contributed by atoms with Gasteiger partial charge in [0.05, 0.1) is 12.1 Å². The summed E-state index contributed by atoms with van der Waals surface area (Å²) < 4.78 is 0. The first-order chi connectivity index (χ1) is 11.5. The largest absolute Gasteiger partial charge is 0.392 e. The van der Waals surface area contributed by atoms with Crippen molar-refractivity contribution in [3.8, 4) is 0 Å². The Balaban J connectivity index is 1.56. The van der Waals surface area contributed by atoms with Crippen molar-refractivity contribution in [3.63, 3.8) is 0 Å². The van der Waals surface area contributed by atoms with E-state index in [0.29, 0.717) is 19.0 Å². The van der Waals surface area contributed by atoms with Crippen LogP contribution < -0.4 is 0 Å². The predicted octanol–water partition coefficient (Wildman–Crippen LogP) is 1.17. The molecule has 1 amide bonds. The maximum Gasteiger partial charge on any atom is 0.239 e. The minimum absolute atomic E-state index is 0.123. The normalized spacial score (nSPS) is 26.6. The molecule has 0 aliphatic carbocycles. The minimum atomic E-state index is -0.374. The molecule has 1 N–H and O–H groups in total. The molecule has 1 aromatic rings. The summed E-state index contributed by atoms with van der Waals surface area (Å²) >= 11 is 0. The van der Waals surface area contributed by atoms with Crippen molar-refractivity contribution < 1.29 is 9.90 Å². The van der Waals surface area contributed by atoms with Gasteiger partial charge in [0.2, 0.25) is 5.91 Å². The first-order valence-corrected chi connectivity index (χ1v) is 8.96. The van der Waals surface area contributed by atoms with Gasteiger partial charge in [-0.25, -0.2) is 0 Å². The fourth-order valence-electron chi connectivity index (χ4n) is 4.03. The van der Waals surface area contributed by atoms with Crippen LogP contribution in [0.25, 0.3) is 0 Å². The van der Waals surface area contributed by atoms with Crippen molar-refractivity contribution in [2.75, 3.05) is 33.7 Å². The second-order valence-electron chi connectivity index (χ2n) is 7.33. The van der Waals surface area contributed by atoms with Gasteiger partial charge in [-0.05, 0) is 37.9 Å². The number of amides is 1. The van der Waals surface area contributed by atoms with E-state index in [2.05, 4.69) is 40.1 Å². The molecule has 2 heterocycles. The van der Waals surface area contributed by atoms with Gasteiger partial charge in [0.25, 0.3) is 0 Å². The van der Waals surface area contributed by atoms with Gasteiger partial charge >= 0.3 is 0 Å². The Kier molecular flexibility index (Phi) is 5.54. The van der Waals surface area contributed by atoms with Gasteiger partial charge in [0.15, 0.2) is 0 Å². The van der Waals surface area contributed by atoms with E-state index in [4.69, 9.17) is 0 Å². The highest BCUT2D eigenvalue weighted by atomic mass is 16.3. The molecule has 2 aliphatic heterocycles. The molecule has 2 saturated heterocycles. The van der Waals surface area contributed by atoms with Crippen molar-refractivity contribution in [1.82, 2.24) is 14.7 Å². The number of β-amino-alcohol motifs (C(OH)–C–C–N with tert-alkyl or cyclic N) is 1. The molecule has 3 rings (SSSR count). The number of rotatable bonds is 4. The Hall–Kier alpha value is -1.43. The zero-order chi connectivity index (χ0) is 17.1. The summed E-state index contributed by atoms with van der Waals surface area (Å²) in [6.45, 7) is 3.73. The smallest absolute Gasteiger partial charge is 0.239 e. The number of aliphatic hydroxyl groups is 1. The third kappa shape index (κ3) is 3.97. The van der Waals surface area contributed by atoms with Crippen LogP contribution in [0.5, 0.6) is 0 Å². The number of nitrogens with zero attached hydrogens (tertiary/aromatic N) is 3. The second-order valence-corrected chi connectivity index (χ2v) is 7.33. The summed E-state index contributed by atoms with van der Waals surface area (Å²) in [5, 5.41) is 10.1. The Morgan fingerprint density at radius 3 is 2.50 bits per heavy atom. The fraction of sp³-hybridized carbons (Fsp3) is 0.632. The molecular formula is C19H29N3O2. The Morgan fingerprint density at radius 1 is 1.21 bits per heavy atom. The molecule has 0 bridgehead atoms. The van der Waals surface area contributed by atoms with Gasteiger partial charge in [0.1, 0.15) is 0 Å². The quantitative estimate of drug-likeness (QED) is 0.900. The van der Waals surface area contributed by atoms with Crippen molar-refractivity contribution in [1.29, 1.82) is 0 Å². The lowest BCUT2D eigenvalue weighted by molar-refractivity contribution is -0.134. The predicted molar refractivity (Wildman–Crippen MR) is 94.6 cm³/mol. The number of carbonyl (C=O) groups excluding carboxylic acids is 1. The zero-order valence-electron chi connectivity index (χ0n) is 14.8. The number of hydrogen-bond acceptors (Lipinski definition) is 4. The molecule has 0 radical (unpaired) electrons. The molecule has 132 valence electrons. The Morgan fingerprint density at radius 2 is 1.88 bits per heavy atom. The Labute approximate surface area is 144 Å². The topological polar surface area (TPSA) is 47.0 Å². The summed E-state index contributed by atoms with van der Waals surface area (Å²) in [6, 6.07) is 10.8. The molecule has 0 aromatic heterocycles. The minimum Gasteiger partial charge on any atom is -0.392 e. The third-order valence-corrected chi connectivity index (χ3v) is 5.32. The Bertz CT molecular complexity index is 541. The summed E-state index contributed by atoms with van der Waals surface area (Å²) in [5.41, 5.74) is 1.35. The first-order valence-electron chi connectivity index (χ1n) is 8.96. The van der Waals surface area contributed by atoms with E-state index in [0.717, 1.165) is 32.5 Å². The standard InChI is InChI=1S/C19H29N3O2/c1-20(2)19(24)18-12-17(23)14-22(18)16-8-10-21(11-9-16)13-15-6-4-3-5-7-15/h3-7,16-18,23H,8-14H2,1-2H3/t17-,18+/m1/s1. The fourth-order valence-corrected chi connectivity index (χ4v) is 4.03. The highest BCUT2D eigenvalue weighted by Crippen LogP contribution is 2.27. The summed E-state index contributed by atoms with van der Waals surface area (Å²) in [7, 11) is 3.60. The molecular weight excluding hydrogens is 302 g/mol. The molecule has 2 fully saturated rings. The highest BCUT2D eigenvalue weighted by molar-refractivity contribution is 5.81. The molecule has 2 aliphatic rings. The average molecular weight is 331 g/mol. The van der Waals surface area contributed by atoms with Crippen LogP contribution in [0.4, 0.5) is 0 Å². The van der Waals surface area contributed by atoms with Crippen LogP contribution >= 0.6 is 0 Å². The number of hydrogen-bond donors (Lipinski definition) is 1. The molecule has 0 spiro atoms. The van der Waals surface area contributed by atoms with E-state index in [-0.39, 0.29) is 18.1 Å². The molecule has 24 heavy (non-hydrogen) atoms. The number of aliphatic hydroxyl groups excluding tert-OH is 1. The van der Waals surface area contributed by atoms with Crippen molar-refractivity contribution >= 4 is 5.91 Å². The van der Waals surface area contributed by atoms with Crippen LogP contribution in [0, 0.1) is 0 Å². The zero-order valence-corrected chi connectivity index (χ0v) is 14.8. The summed E-state index contributed by atoms with van der Waals surface area (Å²) in [4.78, 5) is 18.8. The maximum absolute atomic E-state index is 12.4. The summed E-state index contributed by atoms with van der Waals surface area (Å²) in [5.74, 6) is 0.123. The second kappa shape index (κ2) is 7.64. The average Bonchev–Trinajstić information content (AvgIpc) is 2.97. The van der Waals surface area contributed by atoms with Crippen LogP contribution in [0.2, 0.25) is 0 Å². The number of carbonyl (C=O) groups is 1. The van der Waals surface area contributed by atoms with Crippen molar-refractivity contribution in [2.45, 2.75) is 44.0 Å². The van der Waals surface area contributed by atoms with E-state index in [1.165, 1.54) is 5.56 Å². The lowest BCUT2D eigenvalue weighted by Crippen LogP contribution is -2.51. The van der Waals surface area contributed by atoms with E-state index in [9.17, 15) is 9.90 Å². The lowest BCUT2D eigenvalue weighted by atomic mass is 10.0. The van der Waals surface area contributed by atoms with Crippen molar-refractivity contribution in [3.05, 3.63) is 35.9 Å². The van der Waals surface area contributed by atoms with Gasteiger partial charge in [-0.3, -0.25) is 14.6 Å². The maximum atomic E-state index is 12.4. The van der Waals surface area contributed by atoms with Crippen molar-refractivity contribution in [2.24, 2.45) is 0 Å². The SMILES string of the molecule is CN(C)C(=O)[C@@H]1C[C@@H](O)CN1C1CCN(Cc2ccccc2)CC1. The first kappa shape index (κ1) is 17.4. The van der Waals surface area contributed by atoms with Crippen LogP contribution in [0.1, 0.15) is 24.8 Å². The van der Waals surface area contributed by atoms with Gasteiger partial charge in [-0.15, -0.1) is 0 Å². The van der Waals surface area contributed by atoms with E-state index in [1.54, 1.807) is 19.0 Å². The number of piperidine rings is 1. The van der Waals surface area contributed by atoms with E-state index in [1.807, 2.05) is 0 Å². The lowest BCUT2D eigenvalue weighted by Gasteiger charge is -2.39. The van der Waals surface area contributed by atoms with Gasteiger partial charge in [-0.2, -0.15) is 0 Å². The number of likely N-dealkylation sites (tertiary alicyclic amines) is 2. The van der Waals surface area contributed by atoms with Gasteiger partial charge in [-0.1, -0.05) is 30.3 Å². The number of benzene rings is 1. The van der Waals surface area contributed by atoms with Crippen LogP contribution in [0.15, 0.2) is 30.3 Å². The molecule has 5 nitrogen and oxygen atoms in total. The summed E-state index contributed by atoms with van der Waals surface area (Å²) in [6.07, 6.45) is 2.33. The number of likely N-dealkylation sites (N-methyl/N-ethyl adjacent to an activating group) is 1. The molecule has 0 saturated carbocycles. The molecule has 0 unspecified atom stereocenters. The van der Waals surface area contributed by atoms with Crippen LogP contribution in [-0.4, -0.2) is 77.6 Å². The molecule has 2 atom stereocenters. The molecule has 1 aromatic carbocycles.